The fourth-order valence-corrected chi connectivity index (χ4v) is 3.50. The minimum Gasteiger partial charge on any atom is -0.460 e. The van der Waals surface area contributed by atoms with Crippen LogP contribution in [0.2, 0.25) is 0 Å². The zero-order valence-corrected chi connectivity index (χ0v) is 22.8. The first kappa shape index (κ1) is 31.8. The Labute approximate surface area is 219 Å². The van der Waals surface area contributed by atoms with Gasteiger partial charge in [0.05, 0.1) is 5.56 Å². The molecule has 0 aliphatic rings. The van der Waals surface area contributed by atoms with E-state index in [9.17, 15) is 27.6 Å². The van der Waals surface area contributed by atoms with Crippen LogP contribution in [0.4, 0.5) is 18.9 Å². The van der Waals surface area contributed by atoms with Gasteiger partial charge in [0.25, 0.3) is 5.91 Å². The van der Waals surface area contributed by atoms with Gasteiger partial charge in [-0.15, -0.1) is 23.2 Å². The van der Waals surface area contributed by atoms with Gasteiger partial charge in [0, 0.05) is 31.3 Å². The van der Waals surface area contributed by atoms with Crippen molar-refractivity contribution in [2.75, 3.05) is 29.7 Å². The third-order valence-corrected chi connectivity index (χ3v) is 4.80. The Morgan fingerprint density at radius 2 is 1.47 bits per heavy atom. The average molecular weight is 557 g/mol. The largest absolute Gasteiger partial charge is 0.460 e. The molecule has 7 nitrogen and oxygen atoms in total. The summed E-state index contributed by atoms with van der Waals surface area (Å²) in [4.78, 5) is 38.7. The molecule has 0 spiro atoms. The van der Waals surface area contributed by atoms with E-state index in [1.807, 2.05) is 0 Å². The number of nitrogens with one attached hydrogen (secondary N) is 1. The normalized spacial score (nSPS) is 12.6. The molecule has 1 N–H and O–H groups in total. The maximum absolute atomic E-state index is 14.9. The fourth-order valence-electron chi connectivity index (χ4n) is 3.09. The molecule has 0 bridgehead atoms. The molecule has 0 saturated carbocycles. The van der Waals surface area contributed by atoms with Crippen LogP contribution in [0.1, 0.15) is 64.7 Å². The van der Waals surface area contributed by atoms with Crippen LogP contribution in [0, 0.1) is 17.5 Å². The van der Waals surface area contributed by atoms with Crippen LogP contribution in [0.25, 0.3) is 0 Å². The predicted octanol–water partition coefficient (Wildman–Crippen LogP) is 4.95. The summed E-state index contributed by atoms with van der Waals surface area (Å²) in [6.45, 7) is 9.73. The van der Waals surface area contributed by atoms with Crippen LogP contribution >= 0.6 is 23.2 Å². The molecule has 0 saturated heterocycles. The summed E-state index contributed by atoms with van der Waals surface area (Å²) in [5.74, 6) is -7.26. The van der Waals surface area contributed by atoms with E-state index in [1.54, 1.807) is 41.5 Å². The monoisotopic (exact) mass is 556 g/mol. The minimum atomic E-state index is -1.62. The molecule has 0 fully saturated rings. The third-order valence-electron chi connectivity index (χ3n) is 4.46. The Bertz CT molecular complexity index is 943. The number of hydrogen-bond acceptors (Lipinski definition) is 6. The van der Waals surface area contributed by atoms with Gasteiger partial charge < -0.3 is 19.7 Å². The number of rotatable bonds is 11. The molecule has 1 amide bonds. The maximum Gasteiger partial charge on any atom is 0.329 e. The van der Waals surface area contributed by atoms with Crippen molar-refractivity contribution in [1.29, 1.82) is 0 Å². The van der Waals surface area contributed by atoms with Crippen molar-refractivity contribution in [2.45, 2.75) is 71.6 Å². The molecule has 1 aromatic carbocycles. The van der Waals surface area contributed by atoms with Gasteiger partial charge in [0.1, 0.15) is 22.9 Å². The van der Waals surface area contributed by atoms with E-state index >= 15 is 0 Å². The standard InChI is InChI=1S/C24H33Cl2F3N2O5/c1-23(2,3)35-17(32)8-7-16(22(34)36-24(4,5)6)30-21(33)14-13-15(27)20(19(29)18(14)28)31(11-9-25)12-10-26/h13,16H,7-12H2,1-6H3,(H,30,33). The summed E-state index contributed by atoms with van der Waals surface area (Å²) in [5, 5.41) is 2.22. The zero-order valence-electron chi connectivity index (χ0n) is 21.3. The van der Waals surface area contributed by atoms with Crippen LogP contribution in [0.5, 0.6) is 0 Å². The molecule has 1 atom stereocenters. The van der Waals surface area contributed by atoms with Crippen LogP contribution in [0.15, 0.2) is 6.07 Å². The Hall–Kier alpha value is -2.20. The van der Waals surface area contributed by atoms with Gasteiger partial charge in [-0.25, -0.2) is 18.0 Å². The Balaban J connectivity index is 3.24. The molecular formula is C24H33Cl2F3N2O5. The number of benzene rings is 1. The molecular weight excluding hydrogens is 524 g/mol. The number of hydrogen-bond donors (Lipinski definition) is 1. The fraction of sp³-hybridized carbons (Fsp3) is 0.625. The lowest BCUT2D eigenvalue weighted by atomic mass is 10.1. The van der Waals surface area contributed by atoms with Crippen LogP contribution in [-0.4, -0.2) is 59.9 Å². The average Bonchev–Trinajstić information content (AvgIpc) is 2.71. The second kappa shape index (κ2) is 13.4. The minimum absolute atomic E-state index is 0.00512. The Morgan fingerprint density at radius 3 is 1.94 bits per heavy atom. The number of carbonyl (C=O) groups excluding carboxylic acids is 3. The van der Waals surface area contributed by atoms with Crippen molar-refractivity contribution in [2.24, 2.45) is 0 Å². The summed E-state index contributed by atoms with van der Waals surface area (Å²) >= 11 is 11.3. The highest BCUT2D eigenvalue weighted by Gasteiger charge is 2.31. The van der Waals surface area contributed by atoms with E-state index in [0.29, 0.717) is 6.07 Å². The number of anilines is 1. The summed E-state index contributed by atoms with van der Waals surface area (Å²) in [6.07, 6.45) is -0.531. The molecule has 1 unspecified atom stereocenters. The predicted molar refractivity (Wildman–Crippen MR) is 132 cm³/mol. The number of carbonyl (C=O) groups is 3. The SMILES string of the molecule is CC(C)(C)OC(=O)CCC(NC(=O)c1cc(F)c(N(CCCl)CCCl)c(F)c1F)C(=O)OC(C)(C)C. The highest BCUT2D eigenvalue weighted by atomic mass is 35.5. The van der Waals surface area contributed by atoms with Gasteiger partial charge in [-0.05, 0) is 54.0 Å². The molecule has 0 aliphatic carbocycles. The molecule has 1 rings (SSSR count). The van der Waals surface area contributed by atoms with Crippen molar-refractivity contribution < 1.29 is 37.0 Å². The molecule has 204 valence electrons. The van der Waals surface area contributed by atoms with Crippen LogP contribution < -0.4 is 10.2 Å². The number of halogens is 5. The van der Waals surface area contributed by atoms with Crippen molar-refractivity contribution in [3.8, 4) is 0 Å². The van der Waals surface area contributed by atoms with Crippen LogP contribution in [-0.2, 0) is 19.1 Å². The summed E-state index contributed by atoms with van der Waals surface area (Å²) in [6, 6.07) is -0.892. The summed E-state index contributed by atoms with van der Waals surface area (Å²) in [7, 11) is 0. The molecule has 1 aromatic rings. The molecule has 36 heavy (non-hydrogen) atoms. The molecule has 0 aliphatic heterocycles. The van der Waals surface area contributed by atoms with Gasteiger partial charge >= 0.3 is 11.9 Å². The lowest BCUT2D eigenvalue weighted by Crippen LogP contribution is -2.45. The van der Waals surface area contributed by atoms with E-state index in [1.165, 1.54) is 0 Å². The van der Waals surface area contributed by atoms with E-state index < -0.39 is 63.8 Å². The van der Waals surface area contributed by atoms with E-state index in [4.69, 9.17) is 32.7 Å². The van der Waals surface area contributed by atoms with Crippen molar-refractivity contribution in [1.82, 2.24) is 5.32 Å². The van der Waals surface area contributed by atoms with Gasteiger partial charge in [0.2, 0.25) is 0 Å². The topological polar surface area (TPSA) is 84.9 Å². The van der Waals surface area contributed by atoms with E-state index in [-0.39, 0.29) is 37.7 Å². The smallest absolute Gasteiger partial charge is 0.329 e. The first-order valence-corrected chi connectivity index (χ1v) is 12.4. The number of alkyl halides is 2. The van der Waals surface area contributed by atoms with Crippen molar-refractivity contribution in [3.05, 3.63) is 29.1 Å². The van der Waals surface area contributed by atoms with Crippen molar-refractivity contribution >= 4 is 46.7 Å². The molecule has 0 heterocycles. The second-order valence-electron chi connectivity index (χ2n) is 9.93. The molecule has 12 heteroatoms. The number of esters is 2. The maximum atomic E-state index is 14.9. The zero-order chi connectivity index (χ0) is 27.8. The number of amides is 1. The molecule has 0 aromatic heterocycles. The van der Waals surface area contributed by atoms with Gasteiger partial charge in [-0.2, -0.15) is 0 Å². The number of ether oxygens (including phenoxy) is 2. The number of nitrogens with zero attached hydrogens (tertiary/aromatic N) is 1. The highest BCUT2D eigenvalue weighted by molar-refractivity contribution is 6.18. The summed E-state index contributed by atoms with van der Waals surface area (Å²) in [5.41, 5.74) is -3.39. The van der Waals surface area contributed by atoms with Crippen molar-refractivity contribution in [3.63, 3.8) is 0 Å². The van der Waals surface area contributed by atoms with Crippen LogP contribution in [0.3, 0.4) is 0 Å². The lowest BCUT2D eigenvalue weighted by molar-refractivity contribution is -0.158. The third kappa shape index (κ3) is 10.0. The first-order valence-electron chi connectivity index (χ1n) is 11.3. The summed E-state index contributed by atoms with van der Waals surface area (Å²) < 4.78 is 55.0. The highest BCUT2D eigenvalue weighted by Crippen LogP contribution is 2.28. The quantitative estimate of drug-likeness (QED) is 0.236. The Kier molecular flexibility index (Phi) is 11.8. The molecule has 0 radical (unpaired) electrons. The lowest BCUT2D eigenvalue weighted by Gasteiger charge is -2.26. The Morgan fingerprint density at radius 1 is 0.944 bits per heavy atom. The van der Waals surface area contributed by atoms with Gasteiger partial charge in [-0.1, -0.05) is 0 Å². The van der Waals surface area contributed by atoms with E-state index in [0.717, 1.165) is 4.90 Å². The first-order chi connectivity index (χ1) is 16.5. The van der Waals surface area contributed by atoms with E-state index in [2.05, 4.69) is 5.32 Å². The second-order valence-corrected chi connectivity index (χ2v) is 10.7. The van der Waals surface area contributed by atoms with Gasteiger partial charge in [-0.3, -0.25) is 9.59 Å². The van der Waals surface area contributed by atoms with Gasteiger partial charge in [0.15, 0.2) is 17.5 Å².